The Morgan fingerprint density at radius 3 is 2.83 bits per heavy atom. The van der Waals surface area contributed by atoms with Crippen LogP contribution in [-0.4, -0.2) is 32.2 Å². The van der Waals surface area contributed by atoms with Crippen molar-refractivity contribution >= 4 is 11.6 Å². The molecule has 0 spiro atoms. The summed E-state index contributed by atoms with van der Waals surface area (Å²) in [6, 6.07) is 7.96. The normalized spacial score (nSPS) is 12.3. The Bertz CT molecular complexity index is 841. The van der Waals surface area contributed by atoms with Crippen LogP contribution in [0.5, 0.6) is 0 Å². The molecule has 0 aliphatic rings. The molecule has 124 valence electrons. The summed E-state index contributed by atoms with van der Waals surface area (Å²) in [7, 11) is 1.86. The fourth-order valence-electron chi connectivity index (χ4n) is 3.09. The van der Waals surface area contributed by atoms with E-state index in [9.17, 15) is 4.79 Å². The lowest BCUT2D eigenvalue weighted by molar-refractivity contribution is -0.131. The van der Waals surface area contributed by atoms with Crippen molar-refractivity contribution in [3.8, 4) is 0 Å². The fraction of sp³-hybridized carbons (Fsp3) is 0.316. The number of hydrogen-bond acceptors (Lipinski definition) is 3. The lowest BCUT2D eigenvalue weighted by Crippen LogP contribution is -2.32. The van der Waals surface area contributed by atoms with Gasteiger partial charge in [0.25, 0.3) is 0 Å². The number of rotatable bonds is 5. The molecule has 0 saturated carbocycles. The first-order chi connectivity index (χ1) is 11.6. The van der Waals surface area contributed by atoms with Gasteiger partial charge in [-0.25, -0.2) is 4.98 Å². The monoisotopic (exact) mass is 322 g/mol. The maximum Gasteiger partial charge on any atom is 0.228 e. The number of likely N-dealkylation sites (N-methyl/N-ethyl adjacent to an activating group) is 1. The van der Waals surface area contributed by atoms with E-state index in [1.54, 1.807) is 12.4 Å². The van der Waals surface area contributed by atoms with E-state index in [2.05, 4.69) is 16.9 Å². The van der Waals surface area contributed by atoms with Crippen molar-refractivity contribution < 1.29 is 4.79 Å². The molecule has 5 heteroatoms. The highest BCUT2D eigenvalue weighted by Crippen LogP contribution is 2.23. The van der Waals surface area contributed by atoms with E-state index < -0.39 is 0 Å². The maximum atomic E-state index is 12.8. The third kappa shape index (κ3) is 3.02. The topological polar surface area (TPSA) is 50.5 Å². The van der Waals surface area contributed by atoms with E-state index in [4.69, 9.17) is 0 Å². The number of pyridine rings is 2. The summed E-state index contributed by atoms with van der Waals surface area (Å²) in [4.78, 5) is 23.2. The zero-order valence-electron chi connectivity index (χ0n) is 14.3. The fourth-order valence-corrected chi connectivity index (χ4v) is 3.09. The molecule has 0 aliphatic heterocycles. The second-order valence-electron chi connectivity index (χ2n) is 6.03. The number of imidazole rings is 1. The van der Waals surface area contributed by atoms with Gasteiger partial charge in [0.1, 0.15) is 5.65 Å². The van der Waals surface area contributed by atoms with Gasteiger partial charge in [-0.2, -0.15) is 0 Å². The highest BCUT2D eigenvalue weighted by Gasteiger charge is 2.21. The molecule has 0 aliphatic carbocycles. The first kappa shape index (κ1) is 16.2. The van der Waals surface area contributed by atoms with Gasteiger partial charge in [-0.15, -0.1) is 0 Å². The van der Waals surface area contributed by atoms with Crippen LogP contribution in [0.2, 0.25) is 0 Å². The Morgan fingerprint density at radius 1 is 1.29 bits per heavy atom. The van der Waals surface area contributed by atoms with Gasteiger partial charge in [0.2, 0.25) is 5.91 Å². The zero-order valence-corrected chi connectivity index (χ0v) is 14.3. The molecule has 0 fully saturated rings. The van der Waals surface area contributed by atoms with Gasteiger partial charge in [-0.1, -0.05) is 19.1 Å². The van der Waals surface area contributed by atoms with E-state index in [1.165, 1.54) is 0 Å². The van der Waals surface area contributed by atoms with Crippen molar-refractivity contribution in [1.29, 1.82) is 0 Å². The highest BCUT2D eigenvalue weighted by atomic mass is 16.2. The summed E-state index contributed by atoms with van der Waals surface area (Å²) >= 11 is 0. The zero-order chi connectivity index (χ0) is 17.1. The van der Waals surface area contributed by atoms with Crippen LogP contribution in [0.25, 0.3) is 5.65 Å². The second-order valence-corrected chi connectivity index (χ2v) is 6.03. The predicted octanol–water partition coefficient (Wildman–Crippen LogP) is 3.19. The average Bonchev–Trinajstić information content (AvgIpc) is 3.01. The van der Waals surface area contributed by atoms with E-state index in [-0.39, 0.29) is 11.9 Å². The Morgan fingerprint density at radius 2 is 2.12 bits per heavy atom. The smallest absolute Gasteiger partial charge is 0.228 e. The third-order valence-corrected chi connectivity index (χ3v) is 4.46. The van der Waals surface area contributed by atoms with E-state index in [1.807, 2.05) is 59.9 Å². The van der Waals surface area contributed by atoms with Crippen LogP contribution in [0, 0.1) is 6.92 Å². The van der Waals surface area contributed by atoms with Crippen molar-refractivity contribution in [1.82, 2.24) is 19.3 Å². The highest BCUT2D eigenvalue weighted by molar-refractivity contribution is 5.79. The molecule has 1 unspecified atom stereocenters. The Labute approximate surface area is 142 Å². The molecule has 0 bridgehead atoms. The lowest BCUT2D eigenvalue weighted by Gasteiger charge is -2.27. The molecule has 3 aromatic rings. The molecule has 5 nitrogen and oxygen atoms in total. The van der Waals surface area contributed by atoms with Crippen LogP contribution in [-0.2, 0) is 11.2 Å². The molecule has 0 N–H and O–H groups in total. The number of aromatic nitrogens is 3. The third-order valence-electron chi connectivity index (χ3n) is 4.46. The number of nitrogens with zero attached hydrogens (tertiary/aromatic N) is 4. The lowest BCUT2D eigenvalue weighted by atomic mass is 10.0. The number of carbonyl (C=O) groups is 1. The van der Waals surface area contributed by atoms with E-state index in [0.29, 0.717) is 6.42 Å². The molecular formula is C19H22N4O. The van der Waals surface area contributed by atoms with Crippen molar-refractivity contribution in [3.63, 3.8) is 0 Å². The molecule has 0 saturated heterocycles. The number of fused-ring (bicyclic) bond motifs is 1. The van der Waals surface area contributed by atoms with Crippen molar-refractivity contribution in [3.05, 3.63) is 65.9 Å². The summed E-state index contributed by atoms with van der Waals surface area (Å²) in [5, 5.41) is 0. The Hall–Kier alpha value is -2.69. The van der Waals surface area contributed by atoms with Crippen molar-refractivity contribution in [2.45, 2.75) is 32.7 Å². The molecule has 0 aromatic carbocycles. The van der Waals surface area contributed by atoms with Gasteiger partial charge in [0.05, 0.1) is 18.2 Å². The Balaban J connectivity index is 1.81. The summed E-state index contributed by atoms with van der Waals surface area (Å²) in [5.74, 6) is 0.0778. The largest absolute Gasteiger partial charge is 0.338 e. The van der Waals surface area contributed by atoms with Gasteiger partial charge in [-0.05, 0) is 36.6 Å². The minimum Gasteiger partial charge on any atom is -0.338 e. The molecule has 1 amide bonds. The summed E-state index contributed by atoms with van der Waals surface area (Å²) in [6.45, 7) is 4.11. The summed E-state index contributed by atoms with van der Waals surface area (Å²) < 4.78 is 1.99. The van der Waals surface area contributed by atoms with E-state index >= 15 is 0 Å². The minimum atomic E-state index is 0.0344. The quantitative estimate of drug-likeness (QED) is 0.725. The number of hydrogen-bond donors (Lipinski definition) is 0. The van der Waals surface area contributed by atoms with Crippen molar-refractivity contribution in [2.75, 3.05) is 7.05 Å². The number of amides is 1. The second kappa shape index (κ2) is 6.83. The van der Waals surface area contributed by atoms with Crippen molar-refractivity contribution in [2.24, 2.45) is 0 Å². The number of aryl methyl sites for hydroxylation is 1. The van der Waals surface area contributed by atoms with Gasteiger partial charge in [-0.3, -0.25) is 9.78 Å². The molecule has 3 aromatic heterocycles. The molecular weight excluding hydrogens is 300 g/mol. The van der Waals surface area contributed by atoms with Gasteiger partial charge < -0.3 is 9.30 Å². The molecule has 3 heterocycles. The van der Waals surface area contributed by atoms with Crippen LogP contribution < -0.4 is 0 Å². The molecule has 3 rings (SSSR count). The summed E-state index contributed by atoms with van der Waals surface area (Å²) in [6.07, 6.45) is 8.50. The maximum absolute atomic E-state index is 12.8. The van der Waals surface area contributed by atoms with E-state index in [0.717, 1.165) is 28.9 Å². The SMILES string of the molecule is CCC(c1cccnc1)N(C)C(=O)Cc1cnc2c(C)cccn12. The first-order valence-electron chi connectivity index (χ1n) is 8.19. The van der Waals surface area contributed by atoms with Crippen LogP contribution in [0.4, 0.5) is 0 Å². The molecule has 24 heavy (non-hydrogen) atoms. The molecule has 0 radical (unpaired) electrons. The van der Waals surface area contributed by atoms with Gasteiger partial charge in [0.15, 0.2) is 0 Å². The summed E-state index contributed by atoms with van der Waals surface area (Å²) in [5.41, 5.74) is 3.98. The minimum absolute atomic E-state index is 0.0344. The Kier molecular flexibility index (Phi) is 4.60. The predicted molar refractivity (Wildman–Crippen MR) is 93.7 cm³/mol. The first-order valence-corrected chi connectivity index (χ1v) is 8.19. The van der Waals surface area contributed by atoms with Crippen LogP contribution in [0.15, 0.2) is 49.1 Å². The van der Waals surface area contributed by atoms with Gasteiger partial charge >= 0.3 is 0 Å². The van der Waals surface area contributed by atoms with Crippen LogP contribution >= 0.6 is 0 Å². The average molecular weight is 322 g/mol. The van der Waals surface area contributed by atoms with Crippen LogP contribution in [0.1, 0.15) is 36.2 Å². The standard InChI is InChI=1S/C19H22N4O/c1-4-17(15-8-5-9-20-12-15)22(3)18(24)11-16-13-21-19-14(2)7-6-10-23(16)19/h5-10,12-13,17H,4,11H2,1-3H3. The van der Waals surface area contributed by atoms with Crippen LogP contribution in [0.3, 0.4) is 0 Å². The van der Waals surface area contributed by atoms with Gasteiger partial charge in [0, 0.05) is 31.8 Å². The molecule has 1 atom stereocenters. The number of carbonyl (C=O) groups excluding carboxylic acids is 1.